The molecule has 0 bridgehead atoms. The zero-order valence-corrected chi connectivity index (χ0v) is 19.0. The molecule has 1 aliphatic heterocycles. The molecule has 162 valence electrons. The van der Waals surface area contributed by atoms with Gasteiger partial charge in [0.25, 0.3) is 0 Å². The highest BCUT2D eigenvalue weighted by molar-refractivity contribution is 6.35. The predicted octanol–water partition coefficient (Wildman–Crippen LogP) is 4.92. The highest BCUT2D eigenvalue weighted by Crippen LogP contribution is 2.30. The standard InChI is InChI=1S/C23H22Cl3N3O2/c24-17-3-1-16-10-19(5-2-15(16)9-17)27-12-20(30)13-28-7-8-29(23(31)14-28)22-11-18(25)4-6-21(22)26/h1-6,9-11,20,27,30H,7-8,12-14H2. The Bertz CT molecular complexity index is 1110. The van der Waals surface area contributed by atoms with E-state index in [1.807, 2.05) is 41.3 Å². The highest BCUT2D eigenvalue weighted by atomic mass is 35.5. The Hall–Kier alpha value is -2.02. The fourth-order valence-electron chi connectivity index (χ4n) is 3.75. The summed E-state index contributed by atoms with van der Waals surface area (Å²) in [6.45, 7) is 2.14. The van der Waals surface area contributed by atoms with Crippen LogP contribution in [0.15, 0.2) is 54.6 Å². The van der Waals surface area contributed by atoms with Crippen LogP contribution in [-0.4, -0.2) is 54.7 Å². The van der Waals surface area contributed by atoms with Crippen LogP contribution in [0.25, 0.3) is 10.8 Å². The van der Waals surface area contributed by atoms with E-state index in [1.165, 1.54) is 0 Å². The largest absolute Gasteiger partial charge is 0.390 e. The number of carbonyl (C=O) groups is 1. The zero-order valence-electron chi connectivity index (χ0n) is 16.7. The number of halogens is 3. The third-order valence-corrected chi connectivity index (χ3v) is 6.10. The SMILES string of the molecule is O=C1CN(CC(O)CNc2ccc3cc(Cl)ccc3c2)CCN1c1cc(Cl)ccc1Cl. The molecule has 0 spiro atoms. The van der Waals surface area contributed by atoms with Gasteiger partial charge in [-0.3, -0.25) is 9.69 Å². The molecule has 0 radical (unpaired) electrons. The number of fused-ring (bicyclic) bond motifs is 1. The van der Waals surface area contributed by atoms with Crippen molar-refractivity contribution in [1.29, 1.82) is 0 Å². The molecule has 0 aromatic heterocycles. The first kappa shape index (κ1) is 22.2. The summed E-state index contributed by atoms with van der Waals surface area (Å²) in [4.78, 5) is 16.3. The minimum atomic E-state index is -0.616. The Morgan fingerprint density at radius 3 is 2.45 bits per heavy atom. The third-order valence-electron chi connectivity index (χ3n) is 5.31. The van der Waals surface area contributed by atoms with Crippen LogP contribution in [0.3, 0.4) is 0 Å². The minimum absolute atomic E-state index is 0.0660. The van der Waals surface area contributed by atoms with E-state index in [1.54, 1.807) is 23.1 Å². The smallest absolute Gasteiger partial charge is 0.241 e. The maximum absolute atomic E-state index is 12.7. The van der Waals surface area contributed by atoms with Gasteiger partial charge in [0.05, 0.1) is 23.4 Å². The quantitative estimate of drug-likeness (QED) is 0.528. The van der Waals surface area contributed by atoms with Crippen LogP contribution in [0, 0.1) is 0 Å². The Morgan fingerprint density at radius 1 is 0.935 bits per heavy atom. The molecule has 1 aliphatic rings. The van der Waals surface area contributed by atoms with E-state index in [0.29, 0.717) is 46.9 Å². The van der Waals surface area contributed by atoms with Crippen molar-refractivity contribution in [3.05, 3.63) is 69.7 Å². The molecule has 4 rings (SSSR count). The van der Waals surface area contributed by atoms with Crippen LogP contribution in [0.4, 0.5) is 11.4 Å². The number of amides is 1. The second-order valence-electron chi connectivity index (χ2n) is 7.62. The number of aliphatic hydroxyl groups is 1. The lowest BCUT2D eigenvalue weighted by atomic mass is 10.1. The van der Waals surface area contributed by atoms with Crippen molar-refractivity contribution < 1.29 is 9.90 Å². The van der Waals surface area contributed by atoms with Crippen molar-refractivity contribution in [2.75, 3.05) is 42.9 Å². The van der Waals surface area contributed by atoms with E-state index < -0.39 is 6.10 Å². The molecule has 0 saturated carbocycles. The van der Waals surface area contributed by atoms with Crippen LogP contribution < -0.4 is 10.2 Å². The first-order chi connectivity index (χ1) is 14.9. The number of nitrogens with one attached hydrogen (secondary N) is 1. The van der Waals surface area contributed by atoms with Crippen molar-refractivity contribution in [2.24, 2.45) is 0 Å². The van der Waals surface area contributed by atoms with Gasteiger partial charge < -0.3 is 15.3 Å². The van der Waals surface area contributed by atoms with E-state index >= 15 is 0 Å². The molecule has 31 heavy (non-hydrogen) atoms. The number of hydrogen-bond donors (Lipinski definition) is 2. The van der Waals surface area contributed by atoms with Gasteiger partial charge in [0.2, 0.25) is 5.91 Å². The lowest BCUT2D eigenvalue weighted by molar-refractivity contribution is -0.121. The molecule has 3 aromatic carbocycles. The van der Waals surface area contributed by atoms with Gasteiger partial charge in [0.1, 0.15) is 0 Å². The second kappa shape index (κ2) is 9.63. The van der Waals surface area contributed by atoms with Crippen LogP contribution in [-0.2, 0) is 4.79 Å². The van der Waals surface area contributed by atoms with E-state index in [2.05, 4.69) is 5.32 Å². The predicted molar refractivity (Wildman–Crippen MR) is 129 cm³/mol. The molecule has 1 atom stereocenters. The Labute approximate surface area is 196 Å². The van der Waals surface area contributed by atoms with Gasteiger partial charge in [-0.15, -0.1) is 0 Å². The van der Waals surface area contributed by atoms with Gasteiger partial charge in [0.15, 0.2) is 0 Å². The molecule has 8 heteroatoms. The third kappa shape index (κ3) is 5.43. The number of nitrogens with zero attached hydrogens (tertiary/aromatic N) is 2. The number of anilines is 2. The van der Waals surface area contributed by atoms with Crippen LogP contribution in [0.2, 0.25) is 15.1 Å². The average Bonchev–Trinajstić information content (AvgIpc) is 2.74. The van der Waals surface area contributed by atoms with Gasteiger partial charge in [-0.1, -0.05) is 46.9 Å². The van der Waals surface area contributed by atoms with Crippen LogP contribution in [0.1, 0.15) is 0 Å². The van der Waals surface area contributed by atoms with E-state index in [9.17, 15) is 9.90 Å². The minimum Gasteiger partial charge on any atom is -0.390 e. The molecule has 0 aliphatic carbocycles. The van der Waals surface area contributed by atoms with Gasteiger partial charge in [0, 0.05) is 41.9 Å². The average molecular weight is 479 g/mol. The molecule has 2 N–H and O–H groups in total. The number of benzene rings is 3. The summed E-state index contributed by atoms with van der Waals surface area (Å²) in [7, 11) is 0. The molecule has 5 nitrogen and oxygen atoms in total. The van der Waals surface area contributed by atoms with E-state index in [4.69, 9.17) is 34.8 Å². The molecular weight excluding hydrogens is 457 g/mol. The highest BCUT2D eigenvalue weighted by Gasteiger charge is 2.27. The lowest BCUT2D eigenvalue weighted by Crippen LogP contribution is -2.52. The molecule has 1 saturated heterocycles. The summed E-state index contributed by atoms with van der Waals surface area (Å²) in [5.74, 6) is -0.0660. The number of piperazine rings is 1. The van der Waals surface area contributed by atoms with E-state index in [0.717, 1.165) is 16.5 Å². The summed E-state index contributed by atoms with van der Waals surface area (Å²) in [5.41, 5.74) is 1.55. The van der Waals surface area contributed by atoms with Gasteiger partial charge in [-0.2, -0.15) is 0 Å². The van der Waals surface area contributed by atoms with Gasteiger partial charge >= 0.3 is 0 Å². The van der Waals surface area contributed by atoms with Crippen LogP contribution in [0.5, 0.6) is 0 Å². The number of hydrogen-bond acceptors (Lipinski definition) is 4. The fraction of sp³-hybridized carbons (Fsp3) is 0.261. The summed E-state index contributed by atoms with van der Waals surface area (Å²) in [6, 6.07) is 16.8. The van der Waals surface area contributed by atoms with Gasteiger partial charge in [-0.25, -0.2) is 0 Å². The Kier molecular flexibility index (Phi) is 6.89. The maximum atomic E-state index is 12.7. The molecule has 1 heterocycles. The molecule has 1 amide bonds. The van der Waals surface area contributed by atoms with Crippen molar-refractivity contribution in [3.8, 4) is 0 Å². The number of β-amino-alcohol motifs (C(OH)–C–C–N with tert-alkyl or cyclic N) is 1. The summed E-state index contributed by atoms with van der Waals surface area (Å²) < 4.78 is 0. The maximum Gasteiger partial charge on any atom is 0.241 e. The monoisotopic (exact) mass is 477 g/mol. The van der Waals surface area contributed by atoms with Crippen molar-refractivity contribution in [2.45, 2.75) is 6.10 Å². The molecule has 3 aromatic rings. The number of rotatable bonds is 6. The van der Waals surface area contributed by atoms with Crippen molar-refractivity contribution in [3.63, 3.8) is 0 Å². The number of carbonyl (C=O) groups excluding carboxylic acids is 1. The topological polar surface area (TPSA) is 55.8 Å². The second-order valence-corrected chi connectivity index (χ2v) is 8.90. The Balaban J connectivity index is 1.30. The molecular formula is C23H22Cl3N3O2. The van der Waals surface area contributed by atoms with Crippen molar-refractivity contribution in [1.82, 2.24) is 4.90 Å². The first-order valence-corrected chi connectivity index (χ1v) is 11.1. The Morgan fingerprint density at radius 2 is 1.65 bits per heavy atom. The summed E-state index contributed by atoms with van der Waals surface area (Å²) in [6.07, 6.45) is -0.616. The van der Waals surface area contributed by atoms with E-state index in [-0.39, 0.29) is 12.5 Å². The summed E-state index contributed by atoms with van der Waals surface area (Å²) >= 11 is 18.3. The normalized spacial score (nSPS) is 16.0. The van der Waals surface area contributed by atoms with Crippen LogP contribution >= 0.6 is 34.8 Å². The number of aliphatic hydroxyl groups excluding tert-OH is 1. The molecule has 1 fully saturated rings. The van der Waals surface area contributed by atoms with Crippen molar-refractivity contribution >= 4 is 62.9 Å². The molecule has 1 unspecified atom stereocenters. The first-order valence-electron chi connectivity index (χ1n) is 9.98. The fourth-order valence-corrected chi connectivity index (χ4v) is 4.32. The lowest BCUT2D eigenvalue weighted by Gasteiger charge is -2.35. The summed E-state index contributed by atoms with van der Waals surface area (Å²) in [5, 5.41) is 17.6. The zero-order chi connectivity index (χ0) is 22.0. The van der Waals surface area contributed by atoms with Gasteiger partial charge in [-0.05, 0) is 53.2 Å².